The van der Waals surface area contributed by atoms with E-state index in [2.05, 4.69) is 10.3 Å². The van der Waals surface area contributed by atoms with Gasteiger partial charge >= 0.3 is 0 Å². The van der Waals surface area contributed by atoms with Crippen molar-refractivity contribution in [3.8, 4) is 0 Å². The normalized spacial score (nSPS) is 13.5. The number of fused-ring (bicyclic) bond motifs is 1. The predicted octanol–water partition coefficient (Wildman–Crippen LogP) is 1.35. The van der Waals surface area contributed by atoms with Gasteiger partial charge in [0.2, 0.25) is 0 Å². The number of para-hydroxylation sites is 1. The Morgan fingerprint density at radius 1 is 1.33 bits per heavy atom. The number of aliphatic imine (C=N–C) groups is 1. The van der Waals surface area contributed by atoms with Gasteiger partial charge in [-0.25, -0.2) is 4.99 Å². The maximum atomic E-state index is 5.49. The second-order valence-electron chi connectivity index (χ2n) is 2.48. The topological polar surface area (TPSA) is 50.4 Å². The lowest BCUT2D eigenvalue weighted by Crippen LogP contribution is -2.25. The molecule has 1 aromatic rings. The lowest BCUT2D eigenvalue weighted by Gasteiger charge is -2.14. The molecule has 4 heteroatoms. The van der Waals surface area contributed by atoms with Crippen molar-refractivity contribution in [1.82, 2.24) is 0 Å². The first-order valence-corrected chi connectivity index (χ1v) is 3.51. The number of nitrogens with two attached hydrogens (primary N) is 1. The molecule has 1 aliphatic heterocycles. The van der Waals surface area contributed by atoms with E-state index in [-0.39, 0.29) is 12.4 Å². The smallest absolute Gasteiger partial charge is 0.193 e. The number of anilines is 1. The standard InChI is InChI=1S/C8H9N3.ClH/c9-8-10-5-6-3-1-2-4-7(6)11-8;/h1-4H,5H2,(H3,9,10,11);1H. The van der Waals surface area contributed by atoms with Crippen molar-refractivity contribution in [3.63, 3.8) is 0 Å². The Labute approximate surface area is 77.1 Å². The molecule has 3 nitrogen and oxygen atoms in total. The van der Waals surface area contributed by atoms with E-state index in [1.165, 1.54) is 5.56 Å². The molecule has 64 valence electrons. The number of rotatable bonds is 0. The van der Waals surface area contributed by atoms with Crippen LogP contribution in [-0.4, -0.2) is 5.96 Å². The van der Waals surface area contributed by atoms with E-state index in [9.17, 15) is 0 Å². The van der Waals surface area contributed by atoms with Crippen LogP contribution in [0.25, 0.3) is 0 Å². The number of guanidine groups is 1. The van der Waals surface area contributed by atoms with Gasteiger partial charge in [-0.05, 0) is 11.6 Å². The Kier molecular flexibility index (Phi) is 2.55. The van der Waals surface area contributed by atoms with Crippen LogP contribution in [-0.2, 0) is 6.54 Å². The summed E-state index contributed by atoms with van der Waals surface area (Å²) in [6.07, 6.45) is 0. The van der Waals surface area contributed by atoms with Crippen molar-refractivity contribution in [2.24, 2.45) is 10.7 Å². The molecule has 0 unspecified atom stereocenters. The highest BCUT2D eigenvalue weighted by molar-refractivity contribution is 5.94. The maximum absolute atomic E-state index is 5.49. The Bertz CT molecular complexity index is 309. The summed E-state index contributed by atoms with van der Waals surface area (Å²) >= 11 is 0. The van der Waals surface area contributed by atoms with Crippen LogP contribution in [0.15, 0.2) is 29.3 Å². The van der Waals surface area contributed by atoms with Gasteiger partial charge in [-0.15, -0.1) is 12.4 Å². The minimum atomic E-state index is 0. The van der Waals surface area contributed by atoms with E-state index in [1.54, 1.807) is 0 Å². The van der Waals surface area contributed by atoms with Gasteiger partial charge in [0, 0.05) is 5.69 Å². The highest BCUT2D eigenvalue weighted by Gasteiger charge is 2.06. The van der Waals surface area contributed by atoms with E-state index in [0.29, 0.717) is 12.5 Å². The summed E-state index contributed by atoms with van der Waals surface area (Å²) in [5.74, 6) is 0.503. The monoisotopic (exact) mass is 183 g/mol. The number of hydrogen-bond donors (Lipinski definition) is 2. The summed E-state index contributed by atoms with van der Waals surface area (Å²) in [4.78, 5) is 4.05. The van der Waals surface area contributed by atoms with Crippen LogP contribution in [0.2, 0.25) is 0 Å². The minimum absolute atomic E-state index is 0. The summed E-state index contributed by atoms with van der Waals surface area (Å²) in [5.41, 5.74) is 7.75. The summed E-state index contributed by atoms with van der Waals surface area (Å²) < 4.78 is 0. The fraction of sp³-hybridized carbons (Fsp3) is 0.125. The molecule has 0 amide bonds. The summed E-state index contributed by atoms with van der Waals surface area (Å²) in [7, 11) is 0. The second-order valence-corrected chi connectivity index (χ2v) is 2.48. The Balaban J connectivity index is 0.000000720. The van der Waals surface area contributed by atoms with E-state index >= 15 is 0 Å². The third-order valence-corrected chi connectivity index (χ3v) is 1.70. The SMILES string of the molecule is Cl.NC1=NCc2ccccc2N1. The van der Waals surface area contributed by atoms with Gasteiger partial charge in [0.15, 0.2) is 5.96 Å². The summed E-state index contributed by atoms with van der Waals surface area (Å²) in [6, 6.07) is 8.01. The number of hydrogen-bond acceptors (Lipinski definition) is 3. The number of benzene rings is 1. The van der Waals surface area contributed by atoms with Gasteiger partial charge in [-0.1, -0.05) is 18.2 Å². The average Bonchev–Trinajstić information content (AvgIpc) is 2.04. The third kappa shape index (κ3) is 1.51. The van der Waals surface area contributed by atoms with Crippen molar-refractivity contribution < 1.29 is 0 Å². The van der Waals surface area contributed by atoms with E-state index < -0.39 is 0 Å². The van der Waals surface area contributed by atoms with Crippen molar-refractivity contribution in [2.45, 2.75) is 6.54 Å². The van der Waals surface area contributed by atoms with Gasteiger partial charge in [0.25, 0.3) is 0 Å². The molecular formula is C8H10ClN3. The molecular weight excluding hydrogens is 174 g/mol. The highest BCUT2D eigenvalue weighted by Crippen LogP contribution is 2.18. The van der Waals surface area contributed by atoms with E-state index in [1.807, 2.05) is 24.3 Å². The largest absolute Gasteiger partial charge is 0.370 e. The molecule has 0 saturated heterocycles. The van der Waals surface area contributed by atoms with Gasteiger partial charge in [0.1, 0.15) is 0 Å². The molecule has 0 aliphatic carbocycles. The van der Waals surface area contributed by atoms with Crippen molar-refractivity contribution in [1.29, 1.82) is 0 Å². The summed E-state index contributed by atoms with van der Waals surface area (Å²) in [5, 5.41) is 2.99. The van der Waals surface area contributed by atoms with Crippen LogP contribution in [0, 0.1) is 0 Å². The zero-order valence-corrected chi connectivity index (χ0v) is 7.27. The highest BCUT2D eigenvalue weighted by atomic mass is 35.5. The molecule has 0 fully saturated rings. The lowest BCUT2D eigenvalue weighted by atomic mass is 10.1. The first-order valence-electron chi connectivity index (χ1n) is 3.51. The first kappa shape index (κ1) is 8.87. The molecule has 0 saturated carbocycles. The third-order valence-electron chi connectivity index (χ3n) is 1.70. The van der Waals surface area contributed by atoms with Gasteiger partial charge < -0.3 is 11.1 Å². The van der Waals surface area contributed by atoms with Crippen LogP contribution in [0.3, 0.4) is 0 Å². The molecule has 12 heavy (non-hydrogen) atoms. The molecule has 1 aliphatic rings. The van der Waals surface area contributed by atoms with E-state index in [4.69, 9.17) is 5.73 Å². The molecule has 0 bridgehead atoms. The van der Waals surface area contributed by atoms with Crippen LogP contribution in [0.4, 0.5) is 5.69 Å². The van der Waals surface area contributed by atoms with Crippen LogP contribution in [0.1, 0.15) is 5.56 Å². The Morgan fingerprint density at radius 3 is 2.92 bits per heavy atom. The molecule has 1 heterocycles. The Hall–Kier alpha value is -1.22. The fourth-order valence-electron chi connectivity index (χ4n) is 1.13. The number of halogens is 1. The van der Waals surface area contributed by atoms with Gasteiger partial charge in [-0.3, -0.25) is 0 Å². The number of nitrogens with zero attached hydrogens (tertiary/aromatic N) is 1. The van der Waals surface area contributed by atoms with Gasteiger partial charge in [0.05, 0.1) is 6.54 Å². The van der Waals surface area contributed by atoms with Gasteiger partial charge in [-0.2, -0.15) is 0 Å². The first-order chi connectivity index (χ1) is 5.36. The molecule has 1 aromatic carbocycles. The van der Waals surface area contributed by atoms with Crippen LogP contribution >= 0.6 is 12.4 Å². The zero-order chi connectivity index (χ0) is 7.68. The zero-order valence-electron chi connectivity index (χ0n) is 6.45. The predicted molar refractivity (Wildman–Crippen MR) is 52.6 cm³/mol. The maximum Gasteiger partial charge on any atom is 0.193 e. The molecule has 0 aromatic heterocycles. The second kappa shape index (κ2) is 3.45. The average molecular weight is 184 g/mol. The van der Waals surface area contributed by atoms with Crippen molar-refractivity contribution in [2.75, 3.05) is 5.32 Å². The molecule has 0 atom stereocenters. The van der Waals surface area contributed by atoms with Crippen molar-refractivity contribution >= 4 is 24.1 Å². The minimum Gasteiger partial charge on any atom is -0.370 e. The quantitative estimate of drug-likeness (QED) is 0.638. The molecule has 3 N–H and O–H groups in total. The lowest BCUT2D eigenvalue weighted by molar-refractivity contribution is 1.04. The van der Waals surface area contributed by atoms with Crippen molar-refractivity contribution in [3.05, 3.63) is 29.8 Å². The molecule has 0 spiro atoms. The molecule has 2 rings (SSSR count). The van der Waals surface area contributed by atoms with Crippen LogP contribution in [0.5, 0.6) is 0 Å². The number of nitrogens with one attached hydrogen (secondary N) is 1. The summed E-state index contributed by atoms with van der Waals surface area (Å²) in [6.45, 7) is 0.689. The fourth-order valence-corrected chi connectivity index (χ4v) is 1.13. The van der Waals surface area contributed by atoms with E-state index in [0.717, 1.165) is 5.69 Å². The Morgan fingerprint density at radius 2 is 2.08 bits per heavy atom. The molecule has 0 radical (unpaired) electrons. The van der Waals surface area contributed by atoms with Crippen LogP contribution < -0.4 is 11.1 Å².